The van der Waals surface area contributed by atoms with Gasteiger partial charge in [-0.2, -0.15) is 0 Å². The van der Waals surface area contributed by atoms with Crippen molar-refractivity contribution in [1.29, 1.82) is 0 Å². The fourth-order valence-electron chi connectivity index (χ4n) is 20.1. The van der Waals surface area contributed by atoms with E-state index >= 15 is 0 Å². The second kappa shape index (κ2) is 47.4. The average molecular weight is 1970 g/mol. The van der Waals surface area contributed by atoms with Gasteiger partial charge in [0.05, 0.1) is 44.7 Å². The molecule has 7 N–H and O–H groups in total. The number of carbonyl (C=O) groups excluding carboxylic acids is 9. The molecule has 16 atom stereocenters. The van der Waals surface area contributed by atoms with Crippen molar-refractivity contribution in [3.05, 3.63) is 252 Å². The molecule has 0 radical (unpaired) electrons. The Bertz CT molecular complexity index is 5970. The van der Waals surface area contributed by atoms with Crippen LogP contribution in [0.2, 0.25) is 0 Å². The van der Waals surface area contributed by atoms with Crippen LogP contribution in [0.15, 0.2) is 218 Å². The Labute approximate surface area is 844 Å². The minimum atomic E-state index is -1.10. The molecule has 9 aromatic rings. The first-order valence-corrected chi connectivity index (χ1v) is 51.0. The highest BCUT2D eigenvalue weighted by Gasteiger charge is 2.66. The molecule has 9 aromatic carbocycles. The molecule has 7 aliphatic carbocycles. The lowest BCUT2D eigenvalue weighted by Crippen LogP contribution is -2.54. The van der Waals surface area contributed by atoms with Crippen molar-refractivity contribution in [2.24, 2.45) is 41.4 Å². The van der Waals surface area contributed by atoms with Crippen molar-refractivity contribution in [3.8, 4) is 0 Å². The lowest BCUT2D eigenvalue weighted by atomic mass is 10.0. The number of likely N-dealkylation sites (tertiary alicyclic amines) is 1. The average Bonchev–Trinajstić information content (AvgIpc) is 1.59. The van der Waals surface area contributed by atoms with Crippen molar-refractivity contribution in [2.75, 3.05) is 6.54 Å². The van der Waals surface area contributed by atoms with Crippen LogP contribution in [0, 0.1) is 41.4 Å². The first-order chi connectivity index (χ1) is 68.7. The lowest BCUT2D eigenvalue weighted by Gasteiger charge is -2.29. The van der Waals surface area contributed by atoms with E-state index in [4.69, 9.17) is 47.7 Å². The Hall–Kier alpha value is -12.8. The summed E-state index contributed by atoms with van der Waals surface area (Å²) in [7, 11) is 0. The van der Waals surface area contributed by atoms with Gasteiger partial charge in [-0.15, -0.1) is 0 Å². The molecule has 6 amide bonds. The molecule has 770 valence electrons. The molecular formula is C116H144N6O22. The van der Waals surface area contributed by atoms with Crippen molar-refractivity contribution in [3.63, 3.8) is 0 Å². The van der Waals surface area contributed by atoms with Crippen LogP contribution in [0.25, 0.3) is 32.3 Å². The summed E-state index contributed by atoms with van der Waals surface area (Å²) in [6.45, 7) is 28.0. The molecule has 7 saturated carbocycles. The summed E-state index contributed by atoms with van der Waals surface area (Å²) in [5, 5.41) is 39.7. The smallest absolute Gasteiger partial charge is 0.411 e. The Morgan fingerprint density at radius 2 is 0.604 bits per heavy atom. The zero-order chi connectivity index (χ0) is 104. The molecule has 1 aliphatic heterocycles. The van der Waals surface area contributed by atoms with E-state index in [1.165, 1.54) is 32.0 Å². The number of hydrogen-bond donors (Lipinski definition) is 7. The number of rotatable bonds is 33. The van der Waals surface area contributed by atoms with Gasteiger partial charge in [-0.3, -0.25) is 19.3 Å². The maximum Gasteiger partial charge on any atom is 0.411 e. The van der Waals surface area contributed by atoms with Crippen LogP contribution in [-0.2, 0) is 121 Å². The molecule has 144 heavy (non-hydrogen) atoms. The third kappa shape index (κ3) is 28.0. The van der Waals surface area contributed by atoms with Crippen LogP contribution in [0.1, 0.15) is 239 Å². The van der Waals surface area contributed by atoms with E-state index in [0.717, 1.165) is 96.4 Å². The molecule has 4 unspecified atom stereocenters. The Morgan fingerprint density at radius 1 is 0.319 bits per heavy atom. The van der Waals surface area contributed by atoms with Gasteiger partial charge in [-0.1, -0.05) is 285 Å². The van der Waals surface area contributed by atoms with Crippen LogP contribution in [0.5, 0.6) is 0 Å². The predicted molar refractivity (Wildman–Crippen MR) is 546 cm³/mol. The normalized spacial score (nSPS) is 25.5. The molecule has 1 heterocycles. The second-order valence-electron chi connectivity index (χ2n) is 42.5. The summed E-state index contributed by atoms with van der Waals surface area (Å²) < 4.78 is 51.3. The van der Waals surface area contributed by atoms with E-state index in [2.05, 4.69) is 106 Å². The Balaban J connectivity index is 0.000000156. The minimum absolute atomic E-state index is 0.0116. The maximum absolute atomic E-state index is 13.8. The van der Waals surface area contributed by atoms with Gasteiger partial charge in [0.25, 0.3) is 0 Å². The summed E-state index contributed by atoms with van der Waals surface area (Å²) in [6.07, 6.45) is 9.37. The molecule has 1 saturated heterocycles. The van der Waals surface area contributed by atoms with Crippen LogP contribution in [-0.4, -0.2) is 156 Å². The van der Waals surface area contributed by atoms with Crippen molar-refractivity contribution < 1.29 is 106 Å². The van der Waals surface area contributed by atoms with Gasteiger partial charge in [0, 0.05) is 18.3 Å². The number of amides is 6. The monoisotopic (exact) mass is 1970 g/mol. The Kier molecular flexibility index (Phi) is 35.7. The number of esters is 3. The van der Waals surface area contributed by atoms with Gasteiger partial charge in [0.2, 0.25) is 17.7 Å². The van der Waals surface area contributed by atoms with Crippen molar-refractivity contribution in [2.45, 2.75) is 315 Å². The maximum atomic E-state index is 13.8. The summed E-state index contributed by atoms with van der Waals surface area (Å²) in [4.78, 5) is 139. The fraction of sp³-hybridized carbons (Fsp3) is 0.491. The number of carboxylic acid groups (broad SMARTS) is 2. The molecule has 8 aliphatic rings. The highest BCUT2D eigenvalue weighted by Crippen LogP contribution is 2.52. The van der Waals surface area contributed by atoms with Crippen molar-refractivity contribution in [1.82, 2.24) is 31.5 Å². The third-order valence-corrected chi connectivity index (χ3v) is 28.7. The van der Waals surface area contributed by atoms with Gasteiger partial charge in [0.15, 0.2) is 0 Å². The largest absolute Gasteiger partial charge is 0.479 e. The van der Waals surface area contributed by atoms with Gasteiger partial charge in [0.1, 0.15) is 70.4 Å². The number of fused-ring (bicyclic) bond motifs is 3. The van der Waals surface area contributed by atoms with Crippen LogP contribution < -0.4 is 26.6 Å². The predicted octanol–water partition coefficient (Wildman–Crippen LogP) is 20.4. The number of carbonyl (C=O) groups is 11. The molecule has 0 aromatic heterocycles. The highest BCUT2D eigenvalue weighted by molar-refractivity contribution is 5.97. The first-order valence-electron chi connectivity index (χ1n) is 51.0. The fourth-order valence-corrected chi connectivity index (χ4v) is 20.1. The minimum Gasteiger partial charge on any atom is -0.479 e. The van der Waals surface area contributed by atoms with E-state index in [1.807, 2.05) is 173 Å². The molecule has 28 heteroatoms. The van der Waals surface area contributed by atoms with Crippen LogP contribution in [0.3, 0.4) is 0 Å². The summed E-state index contributed by atoms with van der Waals surface area (Å²) in [5.74, 6) is -3.65. The lowest BCUT2D eigenvalue weighted by molar-refractivity contribution is -0.152. The van der Waals surface area contributed by atoms with Gasteiger partial charge in [-0.25, -0.2) is 38.4 Å². The summed E-state index contributed by atoms with van der Waals surface area (Å²) in [5.41, 5.74) is -0.892. The van der Waals surface area contributed by atoms with Gasteiger partial charge < -0.3 is 79.4 Å². The quantitative estimate of drug-likeness (QED) is 0.0148. The number of carboxylic acids is 2. The molecule has 0 spiro atoms. The van der Waals surface area contributed by atoms with E-state index in [0.29, 0.717) is 71.2 Å². The number of alkyl carbamates (subject to hydrolysis) is 2. The van der Waals surface area contributed by atoms with Crippen molar-refractivity contribution >= 4 is 98.2 Å². The SMILES string of the molecule is CCC1CC1(NC(=O)OC(C)(C)C)C(=O)O.CCC1CC1(NC(=O)OC(C)(C)C)C(=O)OCc1ccccc1.CC[C@H]1C[C@]1(NC(=O)[C@@H]1C[C@@H](OCc2cccc3ccccc23)CN1C(=O)OC(C)(C)C)C(=O)OCc1ccccc1.CC[C@H]1C[C@]1(NC(=O)[C@H]1CC[C@H](OCc2cccc3ccccc23)C1)C(=O)O.CC[C@H]1C[C@]1(NC(=O)[C@H]1CC[C@H](OCc2cccc3ccccc23)C1)C(=O)OCc1ccccc1. The summed E-state index contributed by atoms with van der Waals surface area (Å²) >= 11 is 0. The number of hydrogen-bond acceptors (Lipinski definition) is 20. The zero-order valence-electron chi connectivity index (χ0n) is 85.6. The van der Waals surface area contributed by atoms with E-state index < -0.39 is 92.6 Å². The number of aliphatic carboxylic acids is 2. The number of ether oxygens (including phenoxy) is 9. The standard InChI is InChI=1S/C34H40N2O6.C30H33NO4.C23H27NO4.C18H25NO4.C11H19NO4/c1-5-26-19-34(26,31(38)41-21-23-12-7-6-8-13-23)35-30(37)29-18-27(20-36(29)32(39)42-33(2,3)4)40-22-25-16-11-15-24-14-9-10-17-28(24)25;1-2-25-18-30(25,29(33)35-19-21-9-4-3-5-10-21)31-28(32)23-15-16-26(17-23)34-20-24-13-8-12-22-11-6-7-14-27(22)24;1-2-18-13-23(18,22(26)27)24-21(25)16-10-11-19(12-16)28-14-17-8-5-7-15-6-3-4-9-20(15)17;1-5-14-11-18(14,19-16(21)23-17(2,3)4)15(20)22-12-13-9-7-6-8-10-13;1-5-7-6-11(7,8(13)14)12-9(15)16-10(2,3)4/h6-17,26-27,29H,5,18-22H2,1-4H3,(H,35,37);3-14,23,25-26H,2,15-20H2,1H3,(H,31,32);3-9,16,18-19H,2,10-14H2,1H3,(H,24,25)(H,26,27);6-10,14H,5,11-12H2,1-4H3,(H,19,21);7H,5-6H2,1-4H3,(H,12,15)(H,13,14)/t26-,27+,29-,34+;23-,25-,26-,30+;16-,18-,19-,23+;;/m000../s1. The first kappa shape index (κ1) is 108. The summed E-state index contributed by atoms with van der Waals surface area (Å²) in [6, 6.07) is 71.0. The zero-order valence-corrected chi connectivity index (χ0v) is 85.6. The highest BCUT2D eigenvalue weighted by atomic mass is 16.6. The van der Waals surface area contributed by atoms with Gasteiger partial charge in [-0.05, 0) is 228 Å². The molecule has 28 nitrogen and oxygen atoms in total. The second-order valence-corrected chi connectivity index (χ2v) is 42.5. The van der Waals surface area contributed by atoms with Crippen LogP contribution in [0.4, 0.5) is 14.4 Å². The molecular weight excluding hydrogens is 1830 g/mol. The van der Waals surface area contributed by atoms with Gasteiger partial charge >= 0.3 is 48.1 Å². The van der Waals surface area contributed by atoms with E-state index in [-0.39, 0.29) is 110 Å². The number of nitrogens with one attached hydrogen (secondary N) is 5. The Morgan fingerprint density at radius 3 is 0.931 bits per heavy atom. The third-order valence-electron chi connectivity index (χ3n) is 28.7. The number of benzene rings is 9. The van der Waals surface area contributed by atoms with Crippen LogP contribution >= 0.6 is 0 Å². The van der Waals surface area contributed by atoms with E-state index in [9.17, 15) is 57.8 Å². The molecule has 8 fully saturated rings. The number of nitrogens with zero attached hydrogens (tertiary/aromatic N) is 1. The van der Waals surface area contributed by atoms with E-state index in [1.54, 1.807) is 62.3 Å². The topological polar surface area (TPSA) is 375 Å². The molecule has 0 bridgehead atoms. The molecule has 17 rings (SSSR count).